The Bertz CT molecular complexity index is 2480. The molecule has 1 N–H and O–H groups in total. The summed E-state index contributed by atoms with van der Waals surface area (Å²) in [5.74, 6) is -2.74. The Balaban J connectivity index is 0.795. The molecule has 4 saturated heterocycles. The lowest BCUT2D eigenvalue weighted by Gasteiger charge is -2.37. The average molecular weight is 862 g/mol. The van der Waals surface area contributed by atoms with E-state index in [1.165, 1.54) is 11.3 Å². The number of hydrogen-bond acceptors (Lipinski definition) is 6. The molecule has 10 rings (SSSR count). The van der Waals surface area contributed by atoms with E-state index in [0.717, 1.165) is 129 Å². The summed E-state index contributed by atoms with van der Waals surface area (Å²) in [6.45, 7) is 3.56. The monoisotopic (exact) mass is 861 g/mol. The predicted octanol–water partition coefficient (Wildman–Crippen LogP) is 10.3. The summed E-state index contributed by atoms with van der Waals surface area (Å²) < 4.78 is 30.4. The average Bonchev–Trinajstić information content (AvgIpc) is 4.18. The highest BCUT2D eigenvalue weighted by molar-refractivity contribution is 6.03. The molecule has 0 saturated carbocycles. The molecular weight excluding hydrogens is 805 g/mol. The summed E-state index contributed by atoms with van der Waals surface area (Å²) in [4.78, 5) is 49.6. The number of amides is 2. The van der Waals surface area contributed by atoms with E-state index in [0.29, 0.717) is 11.5 Å². The minimum atomic E-state index is -3.02. The highest BCUT2D eigenvalue weighted by atomic mass is 19.3. The van der Waals surface area contributed by atoms with E-state index in [9.17, 15) is 9.59 Å². The molecule has 4 aromatic carbocycles. The normalized spacial score (nSPS) is 22.6. The molecule has 5 aliphatic heterocycles. The first-order valence-corrected chi connectivity index (χ1v) is 23.4. The van der Waals surface area contributed by atoms with Gasteiger partial charge in [-0.3, -0.25) is 24.4 Å². The van der Waals surface area contributed by atoms with E-state index in [1.807, 2.05) is 66.9 Å². The van der Waals surface area contributed by atoms with Crippen molar-refractivity contribution in [2.24, 2.45) is 4.99 Å². The van der Waals surface area contributed by atoms with Crippen LogP contribution in [0.15, 0.2) is 127 Å². The van der Waals surface area contributed by atoms with Gasteiger partial charge in [0.05, 0.1) is 30.5 Å². The summed E-state index contributed by atoms with van der Waals surface area (Å²) in [5.41, 5.74) is 8.96. The van der Waals surface area contributed by atoms with E-state index in [1.54, 1.807) is 6.20 Å². The third-order valence-corrected chi connectivity index (χ3v) is 14.1. The number of nitrogens with one attached hydrogen (secondary N) is 1. The lowest BCUT2D eigenvalue weighted by atomic mass is 9.95. The summed E-state index contributed by atoms with van der Waals surface area (Å²) in [5, 5.41) is 0. The Kier molecular flexibility index (Phi) is 12.1. The fourth-order valence-electron chi connectivity index (χ4n) is 10.8. The number of halogens is 2. The predicted molar refractivity (Wildman–Crippen MR) is 247 cm³/mol. The van der Waals surface area contributed by atoms with Crippen LogP contribution < -0.4 is 0 Å². The van der Waals surface area contributed by atoms with Gasteiger partial charge in [0.15, 0.2) is 0 Å². The third kappa shape index (κ3) is 8.72. The van der Waals surface area contributed by atoms with Crippen LogP contribution in [-0.4, -0.2) is 98.3 Å². The minimum absolute atomic E-state index is 0.0120. The van der Waals surface area contributed by atoms with Crippen LogP contribution in [0.1, 0.15) is 105 Å². The molecular formula is C53H57F2N7O2. The molecule has 0 bridgehead atoms. The van der Waals surface area contributed by atoms with Gasteiger partial charge in [0.2, 0.25) is 11.8 Å². The number of likely N-dealkylation sites (tertiary alicyclic amines) is 4. The zero-order valence-corrected chi connectivity index (χ0v) is 36.4. The van der Waals surface area contributed by atoms with E-state index >= 15 is 8.78 Å². The molecule has 2 amide bonds. The molecule has 11 heteroatoms. The van der Waals surface area contributed by atoms with Gasteiger partial charge in [-0.15, -0.1) is 0 Å². The smallest absolute Gasteiger partial charge is 0.267 e. The largest absolute Gasteiger partial charge is 0.340 e. The van der Waals surface area contributed by atoms with Crippen molar-refractivity contribution in [3.05, 3.63) is 144 Å². The second kappa shape index (κ2) is 18.4. The molecule has 1 aromatic heterocycles. The summed E-state index contributed by atoms with van der Waals surface area (Å²) in [6, 6.07) is 34.8. The first-order chi connectivity index (χ1) is 31.3. The number of piperidine rings is 2. The molecule has 4 fully saturated rings. The number of benzene rings is 4. The molecule has 0 radical (unpaired) electrons. The fourth-order valence-corrected chi connectivity index (χ4v) is 10.8. The maximum absolute atomic E-state index is 15.2. The van der Waals surface area contributed by atoms with Crippen LogP contribution in [0.4, 0.5) is 8.78 Å². The highest BCUT2D eigenvalue weighted by Gasteiger charge is 2.51. The Morgan fingerprint density at radius 2 is 1.14 bits per heavy atom. The van der Waals surface area contributed by atoms with Crippen molar-refractivity contribution < 1.29 is 18.4 Å². The van der Waals surface area contributed by atoms with Crippen molar-refractivity contribution in [1.82, 2.24) is 29.6 Å². The second-order valence-electron chi connectivity index (χ2n) is 18.3. The number of H-pyrrole nitrogens is 1. The number of nitrogens with zero attached hydrogens (tertiary/aromatic N) is 6. The molecule has 5 aromatic rings. The zero-order valence-electron chi connectivity index (χ0n) is 36.4. The van der Waals surface area contributed by atoms with E-state index < -0.39 is 31.0 Å². The van der Waals surface area contributed by atoms with Gasteiger partial charge in [0.1, 0.15) is 17.9 Å². The van der Waals surface area contributed by atoms with Gasteiger partial charge in [-0.25, -0.2) is 13.8 Å². The lowest BCUT2D eigenvalue weighted by molar-refractivity contribution is -0.140. The number of allylic oxidation sites excluding steroid dienone is 1. The summed E-state index contributed by atoms with van der Waals surface area (Å²) in [7, 11) is 0. The van der Waals surface area contributed by atoms with Gasteiger partial charge in [0, 0.05) is 31.3 Å². The van der Waals surface area contributed by atoms with Gasteiger partial charge >= 0.3 is 0 Å². The van der Waals surface area contributed by atoms with Crippen LogP contribution in [0.2, 0.25) is 0 Å². The number of imidazole rings is 1. The lowest BCUT2D eigenvalue weighted by Crippen LogP contribution is -2.48. The fraction of sp³-hybridized carbons (Fsp3) is 0.396. The van der Waals surface area contributed by atoms with Gasteiger partial charge in [0.25, 0.3) is 5.92 Å². The summed E-state index contributed by atoms with van der Waals surface area (Å²) in [6.07, 6.45) is 12.4. The molecule has 330 valence electrons. The zero-order chi connectivity index (χ0) is 43.6. The molecule has 6 heterocycles. The van der Waals surface area contributed by atoms with Crippen LogP contribution in [0, 0.1) is 0 Å². The number of alkyl halides is 2. The number of aliphatic imine (C=N–C) groups is 1. The number of rotatable bonds is 11. The van der Waals surface area contributed by atoms with Crippen molar-refractivity contribution >= 4 is 23.1 Å². The molecule has 0 unspecified atom stereocenters. The Hall–Kier alpha value is -5.78. The van der Waals surface area contributed by atoms with Gasteiger partial charge in [-0.2, -0.15) is 0 Å². The molecule has 0 aliphatic carbocycles. The number of hydrogen-bond donors (Lipinski definition) is 1. The van der Waals surface area contributed by atoms with Crippen molar-refractivity contribution in [1.29, 1.82) is 0 Å². The van der Waals surface area contributed by atoms with Gasteiger partial charge < -0.3 is 14.8 Å². The number of carbonyl (C=O) groups is 2. The van der Waals surface area contributed by atoms with Crippen molar-refractivity contribution in [3.8, 4) is 22.4 Å². The van der Waals surface area contributed by atoms with Gasteiger partial charge in [-0.05, 0) is 104 Å². The molecule has 64 heavy (non-hydrogen) atoms. The number of aromatic amines is 1. The highest BCUT2D eigenvalue weighted by Crippen LogP contribution is 2.43. The van der Waals surface area contributed by atoms with E-state index in [4.69, 9.17) is 4.99 Å². The molecule has 4 atom stereocenters. The Labute approximate surface area is 374 Å². The van der Waals surface area contributed by atoms with Crippen LogP contribution in [0.5, 0.6) is 0 Å². The molecule has 5 aliphatic rings. The number of aromatic nitrogens is 2. The first-order valence-electron chi connectivity index (χ1n) is 23.4. The Morgan fingerprint density at radius 3 is 1.72 bits per heavy atom. The van der Waals surface area contributed by atoms with Crippen LogP contribution in [0.25, 0.3) is 28.0 Å². The second-order valence-corrected chi connectivity index (χ2v) is 18.3. The van der Waals surface area contributed by atoms with Crippen molar-refractivity contribution in [3.63, 3.8) is 0 Å². The van der Waals surface area contributed by atoms with Crippen LogP contribution in [-0.2, 0) is 9.59 Å². The SMILES string of the molecule is O=C([C@@H](c1ccccc1)N1CCCCC1)N1CCC[C@H]1C1=NC=C(c2ccc(-c3ccc(-c4cnc([C@@H]5CC(F)(F)CN5C(=O)[C@@H](c5ccccc5)N5CCCCC5)[nH]4)cc3)cc2)C1. The summed E-state index contributed by atoms with van der Waals surface area (Å²) >= 11 is 0. The maximum Gasteiger partial charge on any atom is 0.267 e. The quantitative estimate of drug-likeness (QED) is 0.143. The van der Waals surface area contributed by atoms with Crippen molar-refractivity contribution in [2.75, 3.05) is 39.3 Å². The topological polar surface area (TPSA) is 88.1 Å². The van der Waals surface area contributed by atoms with E-state index in [-0.39, 0.29) is 23.9 Å². The number of carbonyl (C=O) groups excluding carboxylic acids is 2. The standard InChI is InChI=1S/C53H57F2N7O2/c54-53(55)33-47(62(36-53)52(64)49(42-16-7-2-8-17-42)60-29-11-4-12-30-60)50-57-35-45(58-50)40-25-23-38(24-26-40)37-19-21-39(22-20-37)43-32-44(56-34-43)46-18-13-31-61(46)51(63)48(41-14-5-1-6-15-41)59-27-9-3-10-28-59/h1-2,5-8,14-17,19-26,34-35,46-49H,3-4,9-13,18,27-33,36H2,(H,57,58)/t46-,47-,48+,49+/m0/s1. The first kappa shape index (κ1) is 42.2. The molecule has 9 nitrogen and oxygen atoms in total. The molecule has 0 spiro atoms. The third-order valence-electron chi connectivity index (χ3n) is 14.1. The maximum atomic E-state index is 15.2. The van der Waals surface area contributed by atoms with E-state index in [2.05, 4.69) is 73.2 Å². The van der Waals surface area contributed by atoms with Crippen LogP contribution >= 0.6 is 0 Å². The van der Waals surface area contributed by atoms with Gasteiger partial charge in [-0.1, -0.05) is 122 Å². The van der Waals surface area contributed by atoms with Crippen LogP contribution in [0.3, 0.4) is 0 Å². The minimum Gasteiger partial charge on any atom is -0.340 e. The van der Waals surface area contributed by atoms with Crippen molar-refractivity contribution in [2.45, 2.75) is 94.3 Å². The Morgan fingerprint density at radius 1 is 0.609 bits per heavy atom.